The number of halogens is 2. The van der Waals surface area contributed by atoms with Gasteiger partial charge in [0.05, 0.1) is 26.2 Å². The lowest BCUT2D eigenvalue weighted by Gasteiger charge is -2.22. The average Bonchev–Trinajstić information content (AvgIpc) is 2.61. The predicted molar refractivity (Wildman–Crippen MR) is 106 cm³/mol. The van der Waals surface area contributed by atoms with E-state index in [2.05, 4.69) is 5.32 Å². The van der Waals surface area contributed by atoms with E-state index in [9.17, 15) is 18.0 Å². The number of carbonyl (C=O) groups is 2. The molecule has 0 atom stereocenters. The number of nitrogens with zero attached hydrogens (tertiary/aromatic N) is 1. The molecular weight excluding hydrogens is 411 g/mol. The number of likely N-dealkylation sites (N-methyl/N-ethyl adjacent to an activating group) is 1. The highest BCUT2D eigenvalue weighted by Gasteiger charge is 2.24. The number of sulfone groups is 1. The van der Waals surface area contributed by atoms with Crippen LogP contribution < -0.4 is 5.32 Å². The highest BCUT2D eigenvalue weighted by Crippen LogP contribution is 2.29. The molecule has 6 nitrogen and oxygen atoms in total. The van der Waals surface area contributed by atoms with E-state index in [1.807, 2.05) is 0 Å². The summed E-state index contributed by atoms with van der Waals surface area (Å²) in [6, 6.07) is 10.7. The van der Waals surface area contributed by atoms with Gasteiger partial charge in [0.1, 0.15) is 6.54 Å². The van der Waals surface area contributed by atoms with Crippen LogP contribution in [0.25, 0.3) is 0 Å². The Balaban J connectivity index is 2.23. The van der Waals surface area contributed by atoms with E-state index in [4.69, 9.17) is 23.2 Å². The molecule has 27 heavy (non-hydrogen) atoms. The minimum atomic E-state index is -3.59. The number of rotatable bonds is 6. The smallest absolute Gasteiger partial charge is 0.255 e. The molecule has 0 heterocycles. The van der Waals surface area contributed by atoms with Crippen molar-refractivity contribution in [3.05, 3.63) is 58.1 Å². The normalized spacial score (nSPS) is 11.1. The lowest BCUT2D eigenvalue weighted by atomic mass is 10.2. The van der Waals surface area contributed by atoms with E-state index in [1.165, 1.54) is 23.1 Å². The van der Waals surface area contributed by atoms with E-state index in [-0.39, 0.29) is 39.3 Å². The summed E-state index contributed by atoms with van der Waals surface area (Å²) in [5.41, 5.74) is 0.274. The molecule has 144 valence electrons. The lowest BCUT2D eigenvalue weighted by molar-refractivity contribution is -0.116. The van der Waals surface area contributed by atoms with E-state index < -0.39 is 21.7 Å². The van der Waals surface area contributed by atoms with Crippen LogP contribution in [0.5, 0.6) is 0 Å². The number of benzene rings is 2. The van der Waals surface area contributed by atoms with Crippen molar-refractivity contribution >= 4 is 50.5 Å². The van der Waals surface area contributed by atoms with Crippen LogP contribution in [0.2, 0.25) is 10.0 Å². The molecule has 0 fully saturated rings. The van der Waals surface area contributed by atoms with Gasteiger partial charge in [-0.15, -0.1) is 0 Å². The monoisotopic (exact) mass is 428 g/mol. The summed E-state index contributed by atoms with van der Waals surface area (Å²) in [6.07, 6.45) is 1.03. The van der Waals surface area contributed by atoms with Crippen molar-refractivity contribution in [1.82, 2.24) is 4.90 Å². The predicted octanol–water partition coefficient (Wildman–Crippen LogP) is 3.50. The molecule has 0 unspecified atom stereocenters. The van der Waals surface area contributed by atoms with Gasteiger partial charge < -0.3 is 10.2 Å². The van der Waals surface area contributed by atoms with Crippen molar-refractivity contribution in [2.24, 2.45) is 0 Å². The first-order valence-electron chi connectivity index (χ1n) is 7.97. The first-order chi connectivity index (χ1) is 12.6. The van der Waals surface area contributed by atoms with Crippen molar-refractivity contribution in [2.75, 3.05) is 24.7 Å². The van der Waals surface area contributed by atoms with Gasteiger partial charge in [0, 0.05) is 12.8 Å². The third-order valence-corrected chi connectivity index (χ3v) is 5.53. The van der Waals surface area contributed by atoms with Gasteiger partial charge in [0.2, 0.25) is 5.91 Å². The minimum Gasteiger partial charge on any atom is -0.330 e. The summed E-state index contributed by atoms with van der Waals surface area (Å²) in [7, 11) is -3.59. The third kappa shape index (κ3) is 5.22. The van der Waals surface area contributed by atoms with Gasteiger partial charge in [-0.3, -0.25) is 9.59 Å². The first kappa shape index (κ1) is 21.2. The summed E-state index contributed by atoms with van der Waals surface area (Å²) in [4.78, 5) is 26.3. The second kappa shape index (κ2) is 8.73. The molecule has 0 bridgehead atoms. The van der Waals surface area contributed by atoms with Crippen molar-refractivity contribution in [1.29, 1.82) is 0 Å². The number of amides is 2. The van der Waals surface area contributed by atoms with Crippen LogP contribution >= 0.6 is 23.2 Å². The van der Waals surface area contributed by atoms with Crippen molar-refractivity contribution in [2.45, 2.75) is 11.8 Å². The van der Waals surface area contributed by atoms with Crippen LogP contribution in [0.15, 0.2) is 47.4 Å². The number of carbonyl (C=O) groups excluding carboxylic acids is 2. The SMILES string of the molecule is CCN(CC(=O)Nc1c(Cl)cccc1Cl)C(=O)c1ccccc1S(C)(=O)=O. The Hall–Kier alpha value is -2.09. The molecule has 2 amide bonds. The first-order valence-corrected chi connectivity index (χ1v) is 10.6. The highest BCUT2D eigenvalue weighted by molar-refractivity contribution is 7.90. The molecule has 0 saturated carbocycles. The molecule has 0 aliphatic carbocycles. The van der Waals surface area contributed by atoms with Gasteiger partial charge in [-0.1, -0.05) is 41.4 Å². The second-order valence-corrected chi connectivity index (χ2v) is 8.53. The zero-order chi connectivity index (χ0) is 20.2. The zero-order valence-electron chi connectivity index (χ0n) is 14.7. The molecule has 0 aliphatic rings. The van der Waals surface area contributed by atoms with Crippen LogP contribution in [-0.4, -0.2) is 44.5 Å². The van der Waals surface area contributed by atoms with Gasteiger partial charge in [0.25, 0.3) is 5.91 Å². The highest BCUT2D eigenvalue weighted by atomic mass is 35.5. The van der Waals surface area contributed by atoms with Gasteiger partial charge >= 0.3 is 0 Å². The van der Waals surface area contributed by atoms with E-state index in [0.717, 1.165) is 6.26 Å². The molecule has 0 spiro atoms. The quantitative estimate of drug-likeness (QED) is 0.762. The summed E-state index contributed by atoms with van der Waals surface area (Å²) in [6.45, 7) is 1.62. The number of anilines is 1. The Bertz CT molecular complexity index is 957. The molecule has 0 aliphatic heterocycles. The standard InChI is InChI=1S/C18H18Cl2N2O4S/c1-3-22(11-16(23)21-17-13(19)8-6-9-14(17)20)18(24)12-7-4-5-10-15(12)27(2,25)26/h4-10H,3,11H2,1-2H3,(H,21,23). The molecule has 0 aromatic heterocycles. The van der Waals surface area contributed by atoms with Gasteiger partial charge in [-0.05, 0) is 31.2 Å². The number of nitrogens with one attached hydrogen (secondary N) is 1. The fourth-order valence-corrected chi connectivity index (χ4v) is 3.81. The Kier molecular flexibility index (Phi) is 6.86. The van der Waals surface area contributed by atoms with E-state index in [0.29, 0.717) is 0 Å². The minimum absolute atomic E-state index is 0.0189. The fraction of sp³-hybridized carbons (Fsp3) is 0.222. The third-order valence-electron chi connectivity index (χ3n) is 3.75. The van der Waals surface area contributed by atoms with Crippen LogP contribution in [0.1, 0.15) is 17.3 Å². The van der Waals surface area contributed by atoms with Crippen LogP contribution in [0.3, 0.4) is 0 Å². The topological polar surface area (TPSA) is 83.6 Å². The molecule has 2 aromatic carbocycles. The maximum Gasteiger partial charge on any atom is 0.255 e. The van der Waals surface area contributed by atoms with Crippen molar-refractivity contribution in [3.63, 3.8) is 0 Å². The second-order valence-electron chi connectivity index (χ2n) is 5.73. The maximum atomic E-state index is 12.8. The Morgan fingerprint density at radius 3 is 2.19 bits per heavy atom. The summed E-state index contributed by atoms with van der Waals surface area (Å²) in [5.74, 6) is -1.06. The van der Waals surface area contributed by atoms with Crippen molar-refractivity contribution in [3.8, 4) is 0 Å². The Morgan fingerprint density at radius 1 is 1.04 bits per heavy atom. The summed E-state index contributed by atoms with van der Waals surface area (Å²) >= 11 is 12.1. The van der Waals surface area contributed by atoms with Crippen LogP contribution in [0.4, 0.5) is 5.69 Å². The number of hydrogen-bond acceptors (Lipinski definition) is 4. The zero-order valence-corrected chi connectivity index (χ0v) is 17.0. The van der Waals surface area contributed by atoms with Gasteiger partial charge in [0.15, 0.2) is 9.84 Å². The van der Waals surface area contributed by atoms with Crippen LogP contribution in [0, 0.1) is 0 Å². The van der Waals surface area contributed by atoms with Crippen molar-refractivity contribution < 1.29 is 18.0 Å². The molecule has 0 radical (unpaired) electrons. The molecule has 2 rings (SSSR count). The van der Waals surface area contributed by atoms with Gasteiger partial charge in [-0.2, -0.15) is 0 Å². The van der Waals surface area contributed by atoms with E-state index >= 15 is 0 Å². The lowest BCUT2D eigenvalue weighted by Crippen LogP contribution is -2.38. The largest absolute Gasteiger partial charge is 0.330 e. The number of hydrogen-bond donors (Lipinski definition) is 1. The van der Waals surface area contributed by atoms with Gasteiger partial charge in [-0.25, -0.2) is 8.42 Å². The summed E-state index contributed by atoms with van der Waals surface area (Å²) < 4.78 is 23.9. The number of para-hydroxylation sites is 1. The fourth-order valence-electron chi connectivity index (χ4n) is 2.43. The maximum absolute atomic E-state index is 12.8. The molecular formula is C18H18Cl2N2O4S. The molecule has 9 heteroatoms. The summed E-state index contributed by atoms with van der Waals surface area (Å²) in [5, 5.41) is 3.12. The molecule has 2 aromatic rings. The Labute approximate surface area is 168 Å². The van der Waals surface area contributed by atoms with E-state index in [1.54, 1.807) is 31.2 Å². The molecule has 0 saturated heterocycles. The average molecular weight is 429 g/mol. The molecule has 1 N–H and O–H groups in total. The Morgan fingerprint density at radius 2 is 1.63 bits per heavy atom. The van der Waals surface area contributed by atoms with Crippen LogP contribution in [-0.2, 0) is 14.6 Å².